The van der Waals surface area contributed by atoms with Crippen LogP contribution in [0.3, 0.4) is 0 Å². The highest BCUT2D eigenvalue weighted by atomic mass is 32.2. The second-order valence-electron chi connectivity index (χ2n) is 5.15. The summed E-state index contributed by atoms with van der Waals surface area (Å²) in [6.45, 7) is 5.12. The lowest BCUT2D eigenvalue weighted by Crippen LogP contribution is -2.39. The Hall–Kier alpha value is -0.560. The highest BCUT2D eigenvalue weighted by molar-refractivity contribution is 8.00. The molecule has 1 unspecified atom stereocenters. The number of rotatable bonds is 5. The van der Waals surface area contributed by atoms with Crippen molar-refractivity contribution in [1.82, 2.24) is 4.90 Å². The average molecular weight is 314 g/mol. The molecule has 2 N–H and O–H groups in total. The molecule has 1 heterocycles. The van der Waals surface area contributed by atoms with Crippen molar-refractivity contribution in [2.45, 2.75) is 23.6 Å². The van der Waals surface area contributed by atoms with E-state index in [-0.39, 0.29) is 5.75 Å². The summed E-state index contributed by atoms with van der Waals surface area (Å²) in [5, 5.41) is 0.590. The Morgan fingerprint density at radius 1 is 1.45 bits per heavy atom. The number of thioether (sulfide) groups is 1. The molecule has 2 rings (SSSR count). The molecule has 20 heavy (non-hydrogen) atoms. The minimum atomic E-state index is -3.21. The molecule has 0 aliphatic carbocycles. The lowest BCUT2D eigenvalue weighted by Gasteiger charge is -2.30. The predicted octanol–water partition coefficient (Wildman–Crippen LogP) is 1.36. The monoisotopic (exact) mass is 314 g/mol. The first-order valence-electron chi connectivity index (χ1n) is 6.87. The van der Waals surface area contributed by atoms with Crippen LogP contribution in [0.15, 0.2) is 29.2 Å². The SMILES string of the molecule is CC1CN(CCS(=O)(=O)c2cccc(CN)c2)CCS1. The van der Waals surface area contributed by atoms with Crippen LogP contribution in [0.5, 0.6) is 0 Å². The van der Waals surface area contributed by atoms with Crippen LogP contribution in [0.1, 0.15) is 12.5 Å². The zero-order chi connectivity index (χ0) is 14.6. The van der Waals surface area contributed by atoms with Crippen molar-refractivity contribution in [3.05, 3.63) is 29.8 Å². The molecular weight excluding hydrogens is 292 g/mol. The van der Waals surface area contributed by atoms with Gasteiger partial charge < -0.3 is 10.6 Å². The van der Waals surface area contributed by atoms with E-state index in [0.29, 0.717) is 23.2 Å². The largest absolute Gasteiger partial charge is 0.326 e. The fraction of sp³-hybridized carbons (Fsp3) is 0.571. The fourth-order valence-corrected chi connectivity index (χ4v) is 4.76. The van der Waals surface area contributed by atoms with Crippen molar-refractivity contribution in [3.63, 3.8) is 0 Å². The minimum Gasteiger partial charge on any atom is -0.326 e. The van der Waals surface area contributed by atoms with E-state index in [9.17, 15) is 8.42 Å². The van der Waals surface area contributed by atoms with Crippen LogP contribution >= 0.6 is 11.8 Å². The van der Waals surface area contributed by atoms with Crippen molar-refractivity contribution in [1.29, 1.82) is 0 Å². The molecule has 0 spiro atoms. The maximum atomic E-state index is 12.4. The maximum absolute atomic E-state index is 12.4. The summed E-state index contributed by atoms with van der Waals surface area (Å²) in [7, 11) is -3.21. The van der Waals surface area contributed by atoms with Gasteiger partial charge >= 0.3 is 0 Å². The van der Waals surface area contributed by atoms with Gasteiger partial charge in [0.2, 0.25) is 0 Å². The lowest BCUT2D eigenvalue weighted by atomic mass is 10.2. The van der Waals surface area contributed by atoms with Crippen LogP contribution in [-0.4, -0.2) is 49.7 Å². The van der Waals surface area contributed by atoms with Gasteiger partial charge in [0.1, 0.15) is 0 Å². The number of benzene rings is 1. The molecule has 1 aliphatic heterocycles. The Kier molecular flexibility index (Phi) is 5.49. The van der Waals surface area contributed by atoms with E-state index in [1.165, 1.54) is 0 Å². The molecule has 1 aliphatic rings. The summed E-state index contributed by atoms with van der Waals surface area (Å²) >= 11 is 1.95. The minimum absolute atomic E-state index is 0.179. The zero-order valence-electron chi connectivity index (χ0n) is 11.8. The maximum Gasteiger partial charge on any atom is 0.179 e. The highest BCUT2D eigenvalue weighted by Crippen LogP contribution is 2.18. The van der Waals surface area contributed by atoms with E-state index >= 15 is 0 Å². The van der Waals surface area contributed by atoms with Crippen molar-refractivity contribution in [2.24, 2.45) is 5.73 Å². The second kappa shape index (κ2) is 6.93. The molecule has 6 heteroatoms. The van der Waals surface area contributed by atoms with Crippen molar-refractivity contribution in [3.8, 4) is 0 Å². The van der Waals surface area contributed by atoms with Crippen molar-refractivity contribution < 1.29 is 8.42 Å². The van der Waals surface area contributed by atoms with Gasteiger partial charge in [-0.25, -0.2) is 8.42 Å². The summed E-state index contributed by atoms with van der Waals surface area (Å²) in [6.07, 6.45) is 0. The third kappa shape index (κ3) is 4.22. The van der Waals surface area contributed by atoms with Gasteiger partial charge in [-0.3, -0.25) is 0 Å². The number of hydrogen-bond donors (Lipinski definition) is 1. The molecule has 4 nitrogen and oxygen atoms in total. The standard InChI is InChI=1S/C14H22N2O2S2/c1-12-11-16(5-7-19-12)6-8-20(17,18)14-4-2-3-13(9-14)10-15/h2-4,9,12H,5-8,10-11,15H2,1H3. The predicted molar refractivity (Wildman–Crippen MR) is 84.7 cm³/mol. The Morgan fingerprint density at radius 2 is 2.25 bits per heavy atom. The smallest absolute Gasteiger partial charge is 0.179 e. The Labute approximate surface area is 125 Å². The van der Waals surface area contributed by atoms with E-state index in [2.05, 4.69) is 11.8 Å². The van der Waals surface area contributed by atoms with Crippen LogP contribution in [-0.2, 0) is 16.4 Å². The topological polar surface area (TPSA) is 63.4 Å². The summed E-state index contributed by atoms with van der Waals surface area (Å²) in [5.41, 5.74) is 6.42. The van der Waals surface area contributed by atoms with Gasteiger partial charge in [-0.1, -0.05) is 19.1 Å². The van der Waals surface area contributed by atoms with Gasteiger partial charge in [-0.05, 0) is 17.7 Å². The first-order valence-corrected chi connectivity index (χ1v) is 9.57. The quantitative estimate of drug-likeness (QED) is 0.889. The third-order valence-corrected chi connectivity index (χ3v) is 6.32. The Bertz CT molecular complexity index is 546. The van der Waals surface area contributed by atoms with Gasteiger partial charge in [0.05, 0.1) is 10.6 Å². The normalized spacial score (nSPS) is 21.0. The van der Waals surface area contributed by atoms with Gasteiger partial charge in [0, 0.05) is 37.2 Å². The fourth-order valence-electron chi connectivity index (χ4n) is 2.33. The van der Waals surface area contributed by atoms with Crippen LogP contribution in [0.25, 0.3) is 0 Å². The second-order valence-corrected chi connectivity index (χ2v) is 8.81. The summed E-state index contributed by atoms with van der Waals surface area (Å²) < 4.78 is 24.7. The number of nitrogens with two attached hydrogens (primary N) is 1. The molecular formula is C14H22N2O2S2. The van der Waals surface area contributed by atoms with Crippen molar-refractivity contribution in [2.75, 3.05) is 31.1 Å². The highest BCUT2D eigenvalue weighted by Gasteiger charge is 2.20. The van der Waals surface area contributed by atoms with Crippen molar-refractivity contribution >= 4 is 21.6 Å². The molecule has 0 aromatic heterocycles. The number of nitrogens with zero attached hydrogens (tertiary/aromatic N) is 1. The lowest BCUT2D eigenvalue weighted by molar-refractivity contribution is 0.303. The molecule has 1 aromatic carbocycles. The molecule has 1 atom stereocenters. The number of sulfone groups is 1. The zero-order valence-corrected chi connectivity index (χ0v) is 13.4. The van der Waals surface area contributed by atoms with Gasteiger partial charge in [-0.2, -0.15) is 11.8 Å². The van der Waals surface area contributed by atoms with Crippen LogP contribution in [0.4, 0.5) is 0 Å². The van der Waals surface area contributed by atoms with Crippen LogP contribution in [0, 0.1) is 0 Å². The molecule has 0 bridgehead atoms. The van der Waals surface area contributed by atoms with Gasteiger partial charge in [0.25, 0.3) is 0 Å². The number of hydrogen-bond acceptors (Lipinski definition) is 5. The summed E-state index contributed by atoms with van der Waals surface area (Å²) in [6, 6.07) is 6.95. The molecule has 0 saturated carbocycles. The van der Waals surface area contributed by atoms with E-state index in [1.807, 2.05) is 17.8 Å². The van der Waals surface area contributed by atoms with Gasteiger partial charge in [-0.15, -0.1) is 0 Å². The van der Waals surface area contributed by atoms with E-state index in [4.69, 9.17) is 5.73 Å². The van der Waals surface area contributed by atoms with E-state index in [1.54, 1.807) is 18.2 Å². The molecule has 112 valence electrons. The molecule has 0 amide bonds. The Morgan fingerprint density at radius 3 is 2.95 bits per heavy atom. The van der Waals surface area contributed by atoms with Crippen LogP contribution in [0.2, 0.25) is 0 Å². The molecule has 1 saturated heterocycles. The summed E-state index contributed by atoms with van der Waals surface area (Å²) in [5.74, 6) is 1.27. The van der Waals surface area contributed by atoms with E-state index < -0.39 is 9.84 Å². The van der Waals surface area contributed by atoms with E-state index in [0.717, 1.165) is 24.4 Å². The molecule has 1 fully saturated rings. The summed E-state index contributed by atoms with van der Waals surface area (Å²) in [4.78, 5) is 2.63. The average Bonchev–Trinajstić information content (AvgIpc) is 2.45. The Balaban J connectivity index is 1.99. The first-order chi connectivity index (χ1) is 9.51. The van der Waals surface area contributed by atoms with Gasteiger partial charge in [0.15, 0.2) is 9.84 Å². The third-order valence-electron chi connectivity index (χ3n) is 3.49. The van der Waals surface area contributed by atoms with Crippen LogP contribution < -0.4 is 5.73 Å². The molecule has 0 radical (unpaired) electrons. The first kappa shape index (κ1) is 15.8. The molecule has 1 aromatic rings.